The lowest BCUT2D eigenvalue weighted by molar-refractivity contribution is -0.114. The second-order valence-electron chi connectivity index (χ2n) is 4.94. The van der Waals surface area contributed by atoms with Crippen molar-refractivity contribution in [3.63, 3.8) is 0 Å². The average molecular weight is 335 g/mol. The molecular formula is C17H19ClN2O3. The quantitative estimate of drug-likeness (QED) is 0.845. The van der Waals surface area contributed by atoms with Crippen LogP contribution in [0.1, 0.15) is 5.56 Å². The molecule has 2 N–H and O–H groups in total. The van der Waals surface area contributed by atoms with Gasteiger partial charge in [-0.2, -0.15) is 0 Å². The Morgan fingerprint density at radius 1 is 1.04 bits per heavy atom. The molecule has 5 nitrogen and oxygen atoms in total. The molecule has 0 aliphatic heterocycles. The molecule has 0 unspecified atom stereocenters. The Morgan fingerprint density at radius 3 is 2.39 bits per heavy atom. The van der Waals surface area contributed by atoms with Crippen molar-refractivity contribution in [3.8, 4) is 11.5 Å². The number of hydrogen-bond acceptors (Lipinski definition) is 4. The number of carbonyl (C=O) groups is 1. The third kappa shape index (κ3) is 4.53. The summed E-state index contributed by atoms with van der Waals surface area (Å²) in [6, 6.07) is 10.8. The standard InChI is InChI=1S/C17H19ClN2O3/c1-11-4-5-13(8-14(11)18)20-17(21)10-19-12-6-7-15(22-2)16(9-12)23-3/h4-9,19H,10H2,1-3H3,(H,20,21). The summed E-state index contributed by atoms with van der Waals surface area (Å²) in [6.45, 7) is 2.04. The van der Waals surface area contributed by atoms with Gasteiger partial charge in [0, 0.05) is 22.5 Å². The number of methoxy groups -OCH3 is 2. The molecule has 6 heteroatoms. The molecule has 2 aromatic carbocycles. The molecule has 122 valence electrons. The minimum atomic E-state index is -0.167. The zero-order valence-electron chi connectivity index (χ0n) is 13.3. The Morgan fingerprint density at radius 2 is 1.74 bits per heavy atom. The molecule has 0 bridgehead atoms. The zero-order chi connectivity index (χ0) is 16.8. The van der Waals surface area contributed by atoms with E-state index < -0.39 is 0 Å². The summed E-state index contributed by atoms with van der Waals surface area (Å²) in [4.78, 5) is 12.0. The van der Waals surface area contributed by atoms with Crippen molar-refractivity contribution >= 4 is 28.9 Å². The first-order chi connectivity index (χ1) is 11.0. The van der Waals surface area contributed by atoms with Gasteiger partial charge in [0.15, 0.2) is 11.5 Å². The number of halogens is 1. The van der Waals surface area contributed by atoms with Crippen LogP contribution in [0.2, 0.25) is 5.02 Å². The second-order valence-corrected chi connectivity index (χ2v) is 5.34. The van der Waals surface area contributed by atoms with Crippen molar-refractivity contribution in [1.29, 1.82) is 0 Å². The number of carbonyl (C=O) groups excluding carboxylic acids is 1. The van der Waals surface area contributed by atoms with Crippen LogP contribution in [0.25, 0.3) is 0 Å². The van der Waals surface area contributed by atoms with Crippen molar-refractivity contribution in [2.75, 3.05) is 31.4 Å². The number of rotatable bonds is 6. The molecule has 2 rings (SSSR count). The number of benzene rings is 2. The number of amides is 1. The predicted octanol–water partition coefficient (Wildman–Crippen LogP) is 3.72. The van der Waals surface area contributed by atoms with Gasteiger partial charge in [0.05, 0.1) is 20.8 Å². The Hall–Kier alpha value is -2.40. The molecule has 0 saturated carbocycles. The molecule has 0 fully saturated rings. The largest absolute Gasteiger partial charge is 0.493 e. The lowest BCUT2D eigenvalue weighted by Crippen LogP contribution is -2.21. The summed E-state index contributed by atoms with van der Waals surface area (Å²) < 4.78 is 10.4. The Balaban J connectivity index is 1.95. The second kappa shape index (κ2) is 7.74. The minimum absolute atomic E-state index is 0.126. The van der Waals surface area contributed by atoms with E-state index in [1.807, 2.05) is 25.1 Å². The molecule has 0 spiro atoms. The lowest BCUT2D eigenvalue weighted by Gasteiger charge is -2.11. The average Bonchev–Trinajstić information content (AvgIpc) is 2.56. The van der Waals surface area contributed by atoms with E-state index in [1.54, 1.807) is 32.4 Å². The Bertz CT molecular complexity index is 704. The summed E-state index contributed by atoms with van der Waals surface area (Å²) in [5, 5.41) is 6.45. The maximum absolute atomic E-state index is 12.0. The Labute approximate surface area is 140 Å². The number of nitrogens with one attached hydrogen (secondary N) is 2. The van der Waals surface area contributed by atoms with E-state index in [0.29, 0.717) is 22.2 Å². The molecule has 0 aliphatic rings. The minimum Gasteiger partial charge on any atom is -0.493 e. The summed E-state index contributed by atoms with van der Waals surface area (Å²) in [5.74, 6) is 1.07. The third-order valence-corrected chi connectivity index (χ3v) is 3.70. The first-order valence-corrected chi connectivity index (χ1v) is 7.43. The van der Waals surface area contributed by atoms with E-state index in [4.69, 9.17) is 21.1 Å². The molecule has 0 saturated heterocycles. The molecule has 0 aliphatic carbocycles. The highest BCUT2D eigenvalue weighted by molar-refractivity contribution is 6.31. The molecule has 0 heterocycles. The zero-order valence-corrected chi connectivity index (χ0v) is 14.0. The van der Waals surface area contributed by atoms with Crippen molar-refractivity contribution in [3.05, 3.63) is 47.0 Å². The van der Waals surface area contributed by atoms with Gasteiger partial charge < -0.3 is 20.1 Å². The van der Waals surface area contributed by atoms with E-state index in [2.05, 4.69) is 10.6 Å². The Kier molecular flexibility index (Phi) is 5.71. The molecule has 23 heavy (non-hydrogen) atoms. The molecule has 0 radical (unpaired) electrons. The van der Waals surface area contributed by atoms with Crippen LogP contribution in [0.3, 0.4) is 0 Å². The fourth-order valence-corrected chi connectivity index (χ4v) is 2.18. The molecule has 2 aromatic rings. The van der Waals surface area contributed by atoms with Crippen molar-refractivity contribution in [1.82, 2.24) is 0 Å². The van der Waals surface area contributed by atoms with Gasteiger partial charge in [-0.05, 0) is 36.8 Å². The van der Waals surface area contributed by atoms with E-state index in [9.17, 15) is 4.79 Å². The molecule has 0 atom stereocenters. The number of aryl methyl sites for hydroxylation is 1. The van der Waals surface area contributed by atoms with Crippen LogP contribution >= 0.6 is 11.6 Å². The highest BCUT2D eigenvalue weighted by atomic mass is 35.5. The topological polar surface area (TPSA) is 59.6 Å². The molecule has 1 amide bonds. The normalized spacial score (nSPS) is 10.1. The summed E-state index contributed by atoms with van der Waals surface area (Å²) in [7, 11) is 3.14. The van der Waals surface area contributed by atoms with Gasteiger partial charge in [0.2, 0.25) is 5.91 Å². The fourth-order valence-electron chi connectivity index (χ4n) is 2.00. The van der Waals surface area contributed by atoms with Gasteiger partial charge in [0.25, 0.3) is 0 Å². The van der Waals surface area contributed by atoms with Crippen molar-refractivity contribution < 1.29 is 14.3 Å². The smallest absolute Gasteiger partial charge is 0.243 e. The van der Waals surface area contributed by atoms with Crippen LogP contribution in [0, 0.1) is 6.92 Å². The highest BCUT2D eigenvalue weighted by Crippen LogP contribution is 2.29. The maximum atomic E-state index is 12.0. The van der Waals surface area contributed by atoms with Crippen molar-refractivity contribution in [2.45, 2.75) is 6.92 Å². The van der Waals surface area contributed by atoms with Gasteiger partial charge in [-0.15, -0.1) is 0 Å². The van der Waals surface area contributed by atoms with Gasteiger partial charge in [-0.1, -0.05) is 17.7 Å². The molecular weight excluding hydrogens is 316 g/mol. The molecule has 0 aromatic heterocycles. The van der Waals surface area contributed by atoms with E-state index in [-0.39, 0.29) is 12.5 Å². The predicted molar refractivity (Wildman–Crippen MR) is 92.9 cm³/mol. The van der Waals surface area contributed by atoms with Crippen LogP contribution in [-0.4, -0.2) is 26.7 Å². The van der Waals surface area contributed by atoms with Crippen LogP contribution in [-0.2, 0) is 4.79 Å². The monoisotopic (exact) mass is 334 g/mol. The van der Waals surface area contributed by atoms with Gasteiger partial charge in [-0.25, -0.2) is 0 Å². The first kappa shape index (κ1) is 17.0. The van der Waals surface area contributed by atoms with Crippen LogP contribution in [0.15, 0.2) is 36.4 Å². The summed E-state index contributed by atoms with van der Waals surface area (Å²) in [6.07, 6.45) is 0. The summed E-state index contributed by atoms with van der Waals surface area (Å²) >= 11 is 6.04. The van der Waals surface area contributed by atoms with Crippen LogP contribution in [0.4, 0.5) is 11.4 Å². The number of hydrogen-bond donors (Lipinski definition) is 2. The SMILES string of the molecule is COc1ccc(NCC(=O)Nc2ccc(C)c(Cl)c2)cc1OC. The van der Waals surface area contributed by atoms with E-state index in [1.165, 1.54) is 0 Å². The van der Waals surface area contributed by atoms with Crippen molar-refractivity contribution in [2.24, 2.45) is 0 Å². The number of ether oxygens (including phenoxy) is 2. The lowest BCUT2D eigenvalue weighted by atomic mass is 10.2. The summed E-state index contributed by atoms with van der Waals surface area (Å²) in [5.41, 5.74) is 2.40. The van der Waals surface area contributed by atoms with Crippen LogP contribution < -0.4 is 20.1 Å². The van der Waals surface area contributed by atoms with Gasteiger partial charge in [-0.3, -0.25) is 4.79 Å². The van der Waals surface area contributed by atoms with E-state index in [0.717, 1.165) is 11.3 Å². The third-order valence-electron chi connectivity index (χ3n) is 3.29. The fraction of sp³-hybridized carbons (Fsp3) is 0.235. The van der Waals surface area contributed by atoms with Gasteiger partial charge in [0.1, 0.15) is 0 Å². The van der Waals surface area contributed by atoms with Crippen LogP contribution in [0.5, 0.6) is 11.5 Å². The van der Waals surface area contributed by atoms with E-state index >= 15 is 0 Å². The first-order valence-electron chi connectivity index (χ1n) is 7.05. The number of anilines is 2. The van der Waals surface area contributed by atoms with Gasteiger partial charge >= 0.3 is 0 Å². The maximum Gasteiger partial charge on any atom is 0.243 e. The highest BCUT2D eigenvalue weighted by Gasteiger charge is 2.07.